The molecule has 0 unspecified atom stereocenters. The Balaban J connectivity index is 2.79. The van der Waals surface area contributed by atoms with Crippen LogP contribution in [-0.4, -0.2) is 22.1 Å². The lowest BCUT2D eigenvalue weighted by atomic mass is 10.0. The minimum Gasteiger partial charge on any atom is -0.506 e. The molecule has 0 saturated heterocycles. The molecule has 2 heteroatoms. The standard InChI is InChI=1S/C10H17NO/c1-8-5-6-11(7-9(8)12)10(2,3)4/h5,7,12H,6H2,1-4H3. The summed E-state index contributed by atoms with van der Waals surface area (Å²) in [6.07, 6.45) is 3.86. The number of rotatable bonds is 0. The van der Waals surface area contributed by atoms with Crippen LogP contribution in [-0.2, 0) is 0 Å². The quantitative estimate of drug-likeness (QED) is 0.599. The summed E-state index contributed by atoms with van der Waals surface area (Å²) in [5.74, 6) is 0.385. The first kappa shape index (κ1) is 9.17. The minimum atomic E-state index is 0.0885. The van der Waals surface area contributed by atoms with E-state index in [0.717, 1.165) is 12.1 Å². The topological polar surface area (TPSA) is 23.5 Å². The Kier molecular flexibility index (Phi) is 2.18. The van der Waals surface area contributed by atoms with Gasteiger partial charge in [0.25, 0.3) is 0 Å². The Labute approximate surface area is 74.2 Å². The van der Waals surface area contributed by atoms with E-state index in [2.05, 4.69) is 25.7 Å². The van der Waals surface area contributed by atoms with Crippen molar-refractivity contribution >= 4 is 0 Å². The lowest BCUT2D eigenvalue weighted by Gasteiger charge is -2.36. The van der Waals surface area contributed by atoms with Crippen molar-refractivity contribution < 1.29 is 5.11 Å². The maximum Gasteiger partial charge on any atom is 0.134 e. The van der Waals surface area contributed by atoms with Crippen molar-refractivity contribution in [2.75, 3.05) is 6.54 Å². The second-order valence-electron chi connectivity index (χ2n) is 4.22. The second-order valence-corrected chi connectivity index (χ2v) is 4.22. The highest BCUT2D eigenvalue weighted by molar-refractivity contribution is 5.26. The molecule has 0 radical (unpaired) electrons. The fraction of sp³-hybridized carbons (Fsp3) is 0.600. The van der Waals surface area contributed by atoms with Gasteiger partial charge in [-0.3, -0.25) is 0 Å². The van der Waals surface area contributed by atoms with E-state index in [4.69, 9.17) is 0 Å². The summed E-state index contributed by atoms with van der Waals surface area (Å²) < 4.78 is 0. The Hall–Kier alpha value is -0.920. The third-order valence-corrected chi connectivity index (χ3v) is 2.14. The van der Waals surface area contributed by atoms with Crippen molar-refractivity contribution in [3.05, 3.63) is 23.6 Å². The summed E-state index contributed by atoms with van der Waals surface area (Å²) in [5.41, 5.74) is 1.06. The summed E-state index contributed by atoms with van der Waals surface area (Å²) in [7, 11) is 0. The second kappa shape index (κ2) is 2.85. The fourth-order valence-electron chi connectivity index (χ4n) is 1.11. The van der Waals surface area contributed by atoms with Crippen LogP contribution < -0.4 is 0 Å². The number of nitrogens with zero attached hydrogens (tertiary/aromatic N) is 1. The van der Waals surface area contributed by atoms with Crippen molar-refractivity contribution in [1.29, 1.82) is 0 Å². The van der Waals surface area contributed by atoms with Crippen molar-refractivity contribution in [2.45, 2.75) is 33.2 Å². The molecule has 0 spiro atoms. The molecule has 0 fully saturated rings. The van der Waals surface area contributed by atoms with Gasteiger partial charge in [0, 0.05) is 18.3 Å². The molecule has 1 heterocycles. The molecule has 12 heavy (non-hydrogen) atoms. The van der Waals surface area contributed by atoms with Gasteiger partial charge in [-0.15, -0.1) is 0 Å². The zero-order chi connectivity index (χ0) is 9.35. The van der Waals surface area contributed by atoms with Crippen molar-refractivity contribution in [1.82, 2.24) is 4.90 Å². The lowest BCUT2D eigenvalue weighted by Crippen LogP contribution is -2.38. The Morgan fingerprint density at radius 2 is 2.00 bits per heavy atom. The first-order valence-electron chi connectivity index (χ1n) is 4.26. The first-order valence-corrected chi connectivity index (χ1v) is 4.26. The van der Waals surface area contributed by atoms with Crippen LogP contribution in [0.25, 0.3) is 0 Å². The van der Waals surface area contributed by atoms with Crippen molar-refractivity contribution in [3.63, 3.8) is 0 Å². The lowest BCUT2D eigenvalue weighted by molar-refractivity contribution is 0.210. The number of allylic oxidation sites excluding steroid dienone is 1. The number of aliphatic hydroxyl groups is 1. The number of hydrogen-bond donors (Lipinski definition) is 1. The summed E-state index contributed by atoms with van der Waals surface area (Å²) in [5, 5.41) is 9.46. The van der Waals surface area contributed by atoms with E-state index in [1.54, 1.807) is 0 Å². The van der Waals surface area contributed by atoms with E-state index in [0.29, 0.717) is 5.76 Å². The molecule has 0 aromatic rings. The van der Waals surface area contributed by atoms with Crippen LogP contribution in [0.4, 0.5) is 0 Å². The maximum absolute atomic E-state index is 9.46. The van der Waals surface area contributed by atoms with Gasteiger partial charge in [-0.05, 0) is 33.3 Å². The molecule has 0 aromatic carbocycles. The average Bonchev–Trinajstić information content (AvgIpc) is 1.92. The van der Waals surface area contributed by atoms with Crippen LogP contribution in [0.5, 0.6) is 0 Å². The maximum atomic E-state index is 9.46. The molecule has 1 aliphatic rings. The molecule has 1 aliphatic heterocycles. The number of hydrogen-bond acceptors (Lipinski definition) is 2. The summed E-state index contributed by atoms with van der Waals surface area (Å²) in [6, 6.07) is 0. The molecular weight excluding hydrogens is 150 g/mol. The van der Waals surface area contributed by atoms with Gasteiger partial charge in [-0.25, -0.2) is 0 Å². The molecule has 0 aromatic heterocycles. The van der Waals surface area contributed by atoms with Crippen LogP contribution in [0, 0.1) is 0 Å². The molecule has 0 saturated carbocycles. The molecule has 1 rings (SSSR count). The summed E-state index contributed by atoms with van der Waals surface area (Å²) >= 11 is 0. The predicted octanol–water partition coefficient (Wildman–Crippen LogP) is 2.45. The molecule has 2 nitrogen and oxygen atoms in total. The van der Waals surface area contributed by atoms with Gasteiger partial charge in [-0.2, -0.15) is 0 Å². The molecule has 1 N–H and O–H groups in total. The van der Waals surface area contributed by atoms with Crippen molar-refractivity contribution in [3.8, 4) is 0 Å². The average molecular weight is 167 g/mol. The van der Waals surface area contributed by atoms with Gasteiger partial charge in [-0.1, -0.05) is 6.08 Å². The van der Waals surface area contributed by atoms with Gasteiger partial charge in [0.05, 0.1) is 0 Å². The zero-order valence-electron chi connectivity index (χ0n) is 8.26. The Morgan fingerprint density at radius 3 is 2.42 bits per heavy atom. The first-order chi connectivity index (χ1) is 5.41. The van der Waals surface area contributed by atoms with E-state index in [1.807, 2.05) is 19.2 Å². The molecular formula is C10H17NO. The smallest absolute Gasteiger partial charge is 0.134 e. The normalized spacial score (nSPS) is 18.8. The Morgan fingerprint density at radius 1 is 1.42 bits per heavy atom. The van der Waals surface area contributed by atoms with Crippen LogP contribution in [0.3, 0.4) is 0 Å². The van der Waals surface area contributed by atoms with Gasteiger partial charge in [0.2, 0.25) is 0 Å². The highest BCUT2D eigenvalue weighted by Gasteiger charge is 2.20. The SMILES string of the molecule is CC1=CCN(C(C)(C)C)C=C1O. The largest absolute Gasteiger partial charge is 0.506 e. The number of aliphatic hydroxyl groups excluding tert-OH is 1. The molecule has 0 amide bonds. The molecule has 0 bridgehead atoms. The van der Waals surface area contributed by atoms with E-state index < -0.39 is 0 Å². The van der Waals surface area contributed by atoms with E-state index in [-0.39, 0.29) is 5.54 Å². The van der Waals surface area contributed by atoms with Crippen LogP contribution in [0.15, 0.2) is 23.6 Å². The minimum absolute atomic E-state index is 0.0885. The highest BCUT2D eigenvalue weighted by Crippen LogP contribution is 2.20. The molecule has 0 atom stereocenters. The summed E-state index contributed by atoms with van der Waals surface area (Å²) in [4.78, 5) is 2.12. The third-order valence-electron chi connectivity index (χ3n) is 2.14. The van der Waals surface area contributed by atoms with Crippen LogP contribution >= 0.6 is 0 Å². The van der Waals surface area contributed by atoms with E-state index in [9.17, 15) is 5.11 Å². The summed E-state index contributed by atoms with van der Waals surface area (Å²) in [6.45, 7) is 9.20. The zero-order valence-corrected chi connectivity index (χ0v) is 8.26. The highest BCUT2D eigenvalue weighted by atomic mass is 16.3. The Bertz CT molecular complexity index is 233. The van der Waals surface area contributed by atoms with Crippen LogP contribution in [0.2, 0.25) is 0 Å². The predicted molar refractivity (Wildman–Crippen MR) is 50.9 cm³/mol. The monoisotopic (exact) mass is 167 g/mol. The third kappa shape index (κ3) is 1.81. The van der Waals surface area contributed by atoms with E-state index >= 15 is 0 Å². The van der Waals surface area contributed by atoms with Crippen LogP contribution in [0.1, 0.15) is 27.7 Å². The molecule has 68 valence electrons. The van der Waals surface area contributed by atoms with Gasteiger partial charge >= 0.3 is 0 Å². The fourth-order valence-corrected chi connectivity index (χ4v) is 1.11. The molecule has 0 aliphatic carbocycles. The van der Waals surface area contributed by atoms with Crippen molar-refractivity contribution in [2.24, 2.45) is 0 Å². The van der Waals surface area contributed by atoms with Gasteiger partial charge < -0.3 is 10.0 Å². The van der Waals surface area contributed by atoms with E-state index in [1.165, 1.54) is 0 Å². The van der Waals surface area contributed by atoms with Gasteiger partial charge in [0.15, 0.2) is 0 Å². The van der Waals surface area contributed by atoms with Gasteiger partial charge in [0.1, 0.15) is 5.76 Å².